The van der Waals surface area contributed by atoms with E-state index in [2.05, 4.69) is 38.0 Å². The standard InChI is InChI=1S/C15H29NS/c1-11(2)9-17-10-15(16-3)8-14-7-12-4-5-13(14)6-12/h11-16H,4-10H2,1-3H3. The van der Waals surface area contributed by atoms with Gasteiger partial charge >= 0.3 is 0 Å². The molecule has 2 saturated carbocycles. The van der Waals surface area contributed by atoms with Crippen LogP contribution in [0.25, 0.3) is 0 Å². The molecule has 0 aromatic carbocycles. The van der Waals surface area contributed by atoms with Crippen LogP contribution in [-0.2, 0) is 0 Å². The molecular weight excluding hydrogens is 226 g/mol. The quantitative estimate of drug-likeness (QED) is 0.743. The Hall–Kier alpha value is 0.310. The second-order valence-corrected chi connectivity index (χ2v) is 7.66. The first-order valence-corrected chi connectivity index (χ1v) is 8.59. The minimum atomic E-state index is 0.753. The number of hydrogen-bond donors (Lipinski definition) is 1. The molecule has 4 unspecified atom stereocenters. The lowest BCUT2D eigenvalue weighted by atomic mass is 9.84. The van der Waals surface area contributed by atoms with Gasteiger partial charge in [0.1, 0.15) is 0 Å². The predicted molar refractivity (Wildman–Crippen MR) is 78.6 cm³/mol. The van der Waals surface area contributed by atoms with Gasteiger partial charge in [0.2, 0.25) is 0 Å². The fourth-order valence-electron chi connectivity index (χ4n) is 3.75. The van der Waals surface area contributed by atoms with Crippen LogP contribution in [0.4, 0.5) is 0 Å². The van der Waals surface area contributed by atoms with Crippen LogP contribution in [0.3, 0.4) is 0 Å². The molecule has 2 bridgehead atoms. The molecule has 0 saturated heterocycles. The van der Waals surface area contributed by atoms with Gasteiger partial charge in [0.25, 0.3) is 0 Å². The van der Waals surface area contributed by atoms with E-state index in [1.807, 2.05) is 0 Å². The van der Waals surface area contributed by atoms with Crippen molar-refractivity contribution in [1.29, 1.82) is 0 Å². The summed E-state index contributed by atoms with van der Waals surface area (Å²) in [6.45, 7) is 4.63. The Bertz CT molecular complexity index is 229. The van der Waals surface area contributed by atoms with Crippen LogP contribution in [0.5, 0.6) is 0 Å². The Morgan fingerprint density at radius 1 is 1.18 bits per heavy atom. The molecule has 4 atom stereocenters. The highest BCUT2D eigenvalue weighted by atomic mass is 32.2. The fraction of sp³-hybridized carbons (Fsp3) is 1.00. The lowest BCUT2D eigenvalue weighted by molar-refractivity contribution is 0.290. The van der Waals surface area contributed by atoms with Crippen molar-refractivity contribution in [1.82, 2.24) is 5.32 Å². The van der Waals surface area contributed by atoms with E-state index in [0.717, 1.165) is 29.7 Å². The summed E-state index contributed by atoms with van der Waals surface area (Å²) < 4.78 is 0. The Morgan fingerprint density at radius 2 is 2.00 bits per heavy atom. The Balaban J connectivity index is 1.68. The Kier molecular flexibility index (Phi) is 5.23. The van der Waals surface area contributed by atoms with Gasteiger partial charge in [0.05, 0.1) is 0 Å². The molecule has 2 heteroatoms. The molecule has 0 aromatic heterocycles. The van der Waals surface area contributed by atoms with Crippen molar-refractivity contribution in [3.8, 4) is 0 Å². The minimum absolute atomic E-state index is 0.753. The molecule has 17 heavy (non-hydrogen) atoms. The zero-order chi connectivity index (χ0) is 12.3. The number of fused-ring (bicyclic) bond motifs is 2. The van der Waals surface area contributed by atoms with Gasteiger partial charge in [-0.3, -0.25) is 0 Å². The molecule has 2 fully saturated rings. The van der Waals surface area contributed by atoms with Crippen molar-refractivity contribution >= 4 is 11.8 Å². The smallest absolute Gasteiger partial charge is 0.0157 e. The largest absolute Gasteiger partial charge is 0.316 e. The van der Waals surface area contributed by atoms with E-state index in [1.165, 1.54) is 37.2 Å². The molecule has 0 spiro atoms. The topological polar surface area (TPSA) is 12.0 Å². The maximum atomic E-state index is 3.54. The Labute approximate surface area is 112 Å². The van der Waals surface area contributed by atoms with Crippen LogP contribution < -0.4 is 5.32 Å². The van der Waals surface area contributed by atoms with Crippen LogP contribution in [-0.4, -0.2) is 24.6 Å². The number of rotatable bonds is 7. The minimum Gasteiger partial charge on any atom is -0.316 e. The highest BCUT2D eigenvalue weighted by Gasteiger charge is 2.39. The van der Waals surface area contributed by atoms with Gasteiger partial charge in [-0.05, 0) is 62.2 Å². The first-order chi connectivity index (χ1) is 8.19. The second-order valence-electron chi connectivity index (χ2n) is 6.59. The maximum absolute atomic E-state index is 3.54. The summed E-state index contributed by atoms with van der Waals surface area (Å²) in [6, 6.07) is 0.753. The average molecular weight is 255 g/mol. The molecule has 2 rings (SSSR count). The summed E-state index contributed by atoms with van der Waals surface area (Å²) in [7, 11) is 2.15. The summed E-state index contributed by atoms with van der Waals surface area (Å²) >= 11 is 2.13. The van der Waals surface area contributed by atoms with Crippen LogP contribution in [0, 0.1) is 23.7 Å². The van der Waals surface area contributed by atoms with E-state index in [0.29, 0.717) is 0 Å². The SMILES string of the molecule is CNC(CSCC(C)C)CC1CC2CCC1C2. The van der Waals surface area contributed by atoms with E-state index in [4.69, 9.17) is 0 Å². The summed E-state index contributed by atoms with van der Waals surface area (Å²) in [6.07, 6.45) is 7.60. The molecular formula is C15H29NS. The summed E-state index contributed by atoms with van der Waals surface area (Å²) in [5, 5.41) is 3.54. The molecule has 0 radical (unpaired) electrons. The lowest BCUT2D eigenvalue weighted by Crippen LogP contribution is -2.32. The highest BCUT2D eigenvalue weighted by molar-refractivity contribution is 7.99. The average Bonchev–Trinajstić information content (AvgIpc) is 2.89. The first-order valence-electron chi connectivity index (χ1n) is 7.44. The van der Waals surface area contributed by atoms with Crippen LogP contribution >= 0.6 is 11.8 Å². The third-order valence-electron chi connectivity index (χ3n) is 4.65. The summed E-state index contributed by atoms with van der Waals surface area (Å²) in [5.74, 6) is 6.69. The molecule has 2 aliphatic carbocycles. The Morgan fingerprint density at radius 3 is 2.53 bits per heavy atom. The normalized spacial score (nSPS) is 33.5. The van der Waals surface area contributed by atoms with Crippen LogP contribution in [0.15, 0.2) is 0 Å². The van der Waals surface area contributed by atoms with Crippen LogP contribution in [0.1, 0.15) is 46.0 Å². The second kappa shape index (κ2) is 6.47. The van der Waals surface area contributed by atoms with Gasteiger partial charge in [-0.25, -0.2) is 0 Å². The molecule has 0 aliphatic heterocycles. The van der Waals surface area contributed by atoms with Gasteiger partial charge in [-0.15, -0.1) is 0 Å². The summed E-state index contributed by atoms with van der Waals surface area (Å²) in [4.78, 5) is 0. The molecule has 1 nitrogen and oxygen atoms in total. The number of hydrogen-bond acceptors (Lipinski definition) is 2. The third kappa shape index (κ3) is 3.89. The van der Waals surface area contributed by atoms with Crippen molar-refractivity contribution in [3.05, 3.63) is 0 Å². The molecule has 0 heterocycles. The first kappa shape index (κ1) is 13.7. The molecule has 0 amide bonds. The van der Waals surface area contributed by atoms with E-state index < -0.39 is 0 Å². The van der Waals surface area contributed by atoms with Gasteiger partial charge in [0, 0.05) is 11.8 Å². The fourth-order valence-corrected chi connectivity index (χ4v) is 4.94. The van der Waals surface area contributed by atoms with Crippen molar-refractivity contribution in [2.45, 2.75) is 52.0 Å². The van der Waals surface area contributed by atoms with E-state index >= 15 is 0 Å². The third-order valence-corrected chi connectivity index (χ3v) is 6.19. The van der Waals surface area contributed by atoms with Gasteiger partial charge in [-0.2, -0.15) is 11.8 Å². The predicted octanol–water partition coefficient (Wildman–Crippen LogP) is 3.79. The van der Waals surface area contributed by atoms with Crippen molar-refractivity contribution in [3.63, 3.8) is 0 Å². The molecule has 100 valence electrons. The van der Waals surface area contributed by atoms with E-state index in [1.54, 1.807) is 6.42 Å². The highest BCUT2D eigenvalue weighted by Crippen LogP contribution is 2.49. The molecule has 1 N–H and O–H groups in total. The zero-order valence-electron chi connectivity index (χ0n) is 11.7. The maximum Gasteiger partial charge on any atom is 0.0157 e. The molecule has 2 aliphatic rings. The van der Waals surface area contributed by atoms with Crippen molar-refractivity contribution in [2.75, 3.05) is 18.6 Å². The lowest BCUT2D eigenvalue weighted by Gasteiger charge is -2.26. The van der Waals surface area contributed by atoms with Crippen LogP contribution in [0.2, 0.25) is 0 Å². The van der Waals surface area contributed by atoms with Crippen molar-refractivity contribution < 1.29 is 0 Å². The van der Waals surface area contributed by atoms with Gasteiger partial charge < -0.3 is 5.32 Å². The van der Waals surface area contributed by atoms with Gasteiger partial charge in [0.15, 0.2) is 0 Å². The number of nitrogens with one attached hydrogen (secondary N) is 1. The summed E-state index contributed by atoms with van der Waals surface area (Å²) in [5.41, 5.74) is 0. The van der Waals surface area contributed by atoms with E-state index in [-0.39, 0.29) is 0 Å². The zero-order valence-corrected chi connectivity index (χ0v) is 12.6. The van der Waals surface area contributed by atoms with Crippen molar-refractivity contribution in [2.24, 2.45) is 23.7 Å². The number of thioether (sulfide) groups is 1. The van der Waals surface area contributed by atoms with E-state index in [9.17, 15) is 0 Å². The van der Waals surface area contributed by atoms with Gasteiger partial charge in [-0.1, -0.05) is 20.3 Å². The monoisotopic (exact) mass is 255 g/mol. The molecule has 0 aromatic rings.